The van der Waals surface area contributed by atoms with Crippen molar-refractivity contribution < 1.29 is 9.84 Å². The molecule has 0 aliphatic rings. The van der Waals surface area contributed by atoms with Crippen molar-refractivity contribution in [1.29, 1.82) is 0 Å². The molecule has 1 N–H and O–H groups in total. The van der Waals surface area contributed by atoms with Crippen molar-refractivity contribution in [2.75, 3.05) is 19.0 Å². The maximum Gasteiger partial charge on any atom is 0.0762 e. The first-order chi connectivity index (χ1) is 7.24. The van der Waals surface area contributed by atoms with E-state index < -0.39 is 6.10 Å². The Morgan fingerprint density at radius 2 is 2.27 bits per heavy atom. The molecule has 2 nitrogen and oxygen atoms in total. The van der Waals surface area contributed by atoms with E-state index in [1.54, 1.807) is 18.7 Å². The Balaban J connectivity index is 2.43. The van der Waals surface area contributed by atoms with Gasteiger partial charge in [0, 0.05) is 17.3 Å². The third-order valence-corrected chi connectivity index (χ3v) is 3.00. The van der Waals surface area contributed by atoms with Gasteiger partial charge in [0.25, 0.3) is 0 Å². The third-order valence-electron chi connectivity index (χ3n) is 2.04. The SMILES string of the molecule is CCOCCSc1cccc(C(C)O)c1. The van der Waals surface area contributed by atoms with Gasteiger partial charge in [-0.05, 0) is 31.5 Å². The minimum Gasteiger partial charge on any atom is -0.389 e. The first-order valence-electron chi connectivity index (χ1n) is 5.22. The van der Waals surface area contributed by atoms with E-state index in [0.29, 0.717) is 0 Å². The van der Waals surface area contributed by atoms with Crippen LogP contribution in [-0.2, 0) is 4.74 Å². The Kier molecular flexibility index (Phi) is 5.76. The molecule has 1 aromatic carbocycles. The molecule has 0 radical (unpaired) electrons. The zero-order chi connectivity index (χ0) is 11.1. The van der Waals surface area contributed by atoms with Crippen LogP contribution in [0, 0.1) is 0 Å². The second kappa shape index (κ2) is 6.88. The molecule has 1 aromatic rings. The highest BCUT2D eigenvalue weighted by molar-refractivity contribution is 7.99. The molecule has 1 unspecified atom stereocenters. The summed E-state index contributed by atoms with van der Waals surface area (Å²) in [6, 6.07) is 8.01. The Bertz CT molecular complexity index is 287. The Morgan fingerprint density at radius 3 is 2.93 bits per heavy atom. The van der Waals surface area contributed by atoms with Crippen LogP contribution in [0.1, 0.15) is 25.5 Å². The van der Waals surface area contributed by atoms with Crippen LogP contribution in [0.4, 0.5) is 0 Å². The van der Waals surface area contributed by atoms with Crippen molar-refractivity contribution in [3.63, 3.8) is 0 Å². The molecule has 0 aliphatic carbocycles. The summed E-state index contributed by atoms with van der Waals surface area (Å²) in [6.07, 6.45) is -0.391. The number of hydrogen-bond acceptors (Lipinski definition) is 3. The average Bonchev–Trinajstić information content (AvgIpc) is 2.25. The van der Waals surface area contributed by atoms with Crippen LogP contribution in [0.5, 0.6) is 0 Å². The zero-order valence-electron chi connectivity index (χ0n) is 9.27. The fourth-order valence-corrected chi connectivity index (χ4v) is 2.06. The van der Waals surface area contributed by atoms with E-state index in [1.807, 2.05) is 25.1 Å². The number of benzene rings is 1. The van der Waals surface area contributed by atoms with E-state index >= 15 is 0 Å². The fourth-order valence-electron chi connectivity index (χ4n) is 1.23. The molecule has 0 bridgehead atoms. The topological polar surface area (TPSA) is 29.5 Å². The van der Waals surface area contributed by atoms with E-state index in [-0.39, 0.29) is 0 Å². The number of aliphatic hydroxyl groups excluding tert-OH is 1. The molecule has 84 valence electrons. The maximum absolute atomic E-state index is 9.42. The van der Waals surface area contributed by atoms with Crippen molar-refractivity contribution in [1.82, 2.24) is 0 Å². The van der Waals surface area contributed by atoms with Crippen molar-refractivity contribution in [3.05, 3.63) is 29.8 Å². The quantitative estimate of drug-likeness (QED) is 0.597. The Morgan fingerprint density at radius 1 is 1.47 bits per heavy atom. The lowest BCUT2D eigenvalue weighted by molar-refractivity contribution is 0.164. The predicted molar refractivity (Wildman–Crippen MR) is 64.3 cm³/mol. The van der Waals surface area contributed by atoms with E-state index in [4.69, 9.17) is 4.74 Å². The van der Waals surface area contributed by atoms with Gasteiger partial charge in [-0.3, -0.25) is 0 Å². The largest absolute Gasteiger partial charge is 0.389 e. The van der Waals surface area contributed by atoms with Crippen LogP contribution < -0.4 is 0 Å². The average molecular weight is 226 g/mol. The number of ether oxygens (including phenoxy) is 1. The molecule has 3 heteroatoms. The van der Waals surface area contributed by atoms with Crippen LogP contribution in [0.2, 0.25) is 0 Å². The van der Waals surface area contributed by atoms with Gasteiger partial charge in [0.05, 0.1) is 12.7 Å². The number of thioether (sulfide) groups is 1. The van der Waals surface area contributed by atoms with Crippen molar-refractivity contribution in [2.45, 2.75) is 24.8 Å². The minimum absolute atomic E-state index is 0.391. The highest BCUT2D eigenvalue weighted by Gasteiger charge is 2.01. The van der Waals surface area contributed by atoms with Gasteiger partial charge in [-0.25, -0.2) is 0 Å². The monoisotopic (exact) mass is 226 g/mol. The Labute approximate surface area is 95.7 Å². The molecular formula is C12H18O2S. The van der Waals surface area contributed by atoms with Gasteiger partial charge in [0.1, 0.15) is 0 Å². The second-order valence-corrected chi connectivity index (χ2v) is 4.46. The normalized spacial score (nSPS) is 12.7. The number of hydrogen-bond donors (Lipinski definition) is 1. The summed E-state index contributed by atoms with van der Waals surface area (Å²) >= 11 is 1.76. The minimum atomic E-state index is -0.391. The predicted octanol–water partition coefficient (Wildman–Crippen LogP) is 2.87. The second-order valence-electron chi connectivity index (χ2n) is 3.29. The van der Waals surface area contributed by atoms with Gasteiger partial charge < -0.3 is 9.84 Å². The third kappa shape index (κ3) is 4.69. The van der Waals surface area contributed by atoms with E-state index in [0.717, 1.165) is 24.5 Å². The van der Waals surface area contributed by atoms with Crippen LogP contribution >= 0.6 is 11.8 Å². The molecule has 0 saturated heterocycles. The van der Waals surface area contributed by atoms with E-state index in [2.05, 4.69) is 6.07 Å². The fraction of sp³-hybridized carbons (Fsp3) is 0.500. The summed E-state index contributed by atoms with van der Waals surface area (Å²) in [5.41, 5.74) is 0.969. The zero-order valence-corrected chi connectivity index (χ0v) is 10.1. The maximum atomic E-state index is 9.42. The van der Waals surface area contributed by atoms with Crippen molar-refractivity contribution >= 4 is 11.8 Å². The summed E-state index contributed by atoms with van der Waals surface area (Å²) < 4.78 is 5.26. The molecule has 1 atom stereocenters. The molecule has 15 heavy (non-hydrogen) atoms. The van der Waals surface area contributed by atoms with Gasteiger partial charge in [-0.1, -0.05) is 12.1 Å². The van der Waals surface area contributed by atoms with Crippen LogP contribution in [-0.4, -0.2) is 24.1 Å². The molecule has 0 aliphatic heterocycles. The molecule has 0 saturated carbocycles. The highest BCUT2D eigenvalue weighted by Crippen LogP contribution is 2.21. The molecule has 0 heterocycles. The van der Waals surface area contributed by atoms with Gasteiger partial charge in [0.2, 0.25) is 0 Å². The summed E-state index contributed by atoms with van der Waals surface area (Å²) in [7, 11) is 0. The first-order valence-corrected chi connectivity index (χ1v) is 6.21. The molecule has 0 aromatic heterocycles. The first kappa shape index (κ1) is 12.6. The van der Waals surface area contributed by atoms with Crippen LogP contribution in [0.15, 0.2) is 29.2 Å². The standard InChI is InChI=1S/C12H18O2S/c1-3-14-7-8-15-12-6-4-5-11(9-12)10(2)13/h4-6,9-10,13H,3,7-8H2,1-2H3. The van der Waals surface area contributed by atoms with E-state index in [1.165, 1.54) is 4.90 Å². The summed E-state index contributed by atoms with van der Waals surface area (Å²) in [6.45, 7) is 5.33. The van der Waals surface area contributed by atoms with E-state index in [9.17, 15) is 5.11 Å². The summed E-state index contributed by atoms with van der Waals surface area (Å²) in [5.74, 6) is 0.955. The molecular weight excluding hydrogens is 208 g/mol. The van der Waals surface area contributed by atoms with Gasteiger partial charge in [-0.15, -0.1) is 11.8 Å². The lowest BCUT2D eigenvalue weighted by Gasteiger charge is -2.07. The highest BCUT2D eigenvalue weighted by atomic mass is 32.2. The lowest BCUT2D eigenvalue weighted by atomic mass is 10.1. The lowest BCUT2D eigenvalue weighted by Crippen LogP contribution is -1.96. The summed E-state index contributed by atoms with van der Waals surface area (Å²) in [4.78, 5) is 1.19. The number of aliphatic hydroxyl groups is 1. The van der Waals surface area contributed by atoms with Gasteiger partial charge in [-0.2, -0.15) is 0 Å². The number of rotatable bonds is 6. The van der Waals surface area contributed by atoms with Crippen molar-refractivity contribution in [2.24, 2.45) is 0 Å². The van der Waals surface area contributed by atoms with Crippen molar-refractivity contribution in [3.8, 4) is 0 Å². The molecule has 0 fully saturated rings. The Hall–Kier alpha value is -0.510. The van der Waals surface area contributed by atoms with Gasteiger partial charge in [0.15, 0.2) is 0 Å². The smallest absolute Gasteiger partial charge is 0.0762 e. The van der Waals surface area contributed by atoms with Crippen LogP contribution in [0.25, 0.3) is 0 Å². The molecule has 1 rings (SSSR count). The molecule has 0 spiro atoms. The molecule has 0 amide bonds. The van der Waals surface area contributed by atoms with Crippen LogP contribution in [0.3, 0.4) is 0 Å². The van der Waals surface area contributed by atoms with Gasteiger partial charge >= 0.3 is 0 Å². The summed E-state index contributed by atoms with van der Waals surface area (Å²) in [5, 5.41) is 9.42.